The van der Waals surface area contributed by atoms with Gasteiger partial charge in [-0.3, -0.25) is 0 Å². The maximum absolute atomic E-state index is 3.69. The van der Waals surface area contributed by atoms with Gasteiger partial charge >= 0.3 is 0 Å². The van der Waals surface area contributed by atoms with Crippen molar-refractivity contribution in [2.75, 3.05) is 26.7 Å². The van der Waals surface area contributed by atoms with E-state index in [4.69, 9.17) is 0 Å². The second-order valence-corrected chi connectivity index (χ2v) is 6.55. The molecular weight excluding hydrogens is 258 g/mol. The highest BCUT2D eigenvalue weighted by atomic mass is 15.1. The molecule has 1 N–H and O–H groups in total. The number of rotatable bonds is 4. The highest BCUT2D eigenvalue weighted by molar-refractivity contribution is 5.85. The van der Waals surface area contributed by atoms with E-state index in [-0.39, 0.29) is 0 Å². The zero-order valence-electron chi connectivity index (χ0n) is 13.5. The van der Waals surface area contributed by atoms with Gasteiger partial charge in [-0.25, -0.2) is 0 Å². The summed E-state index contributed by atoms with van der Waals surface area (Å²) < 4.78 is 2.34. The van der Waals surface area contributed by atoms with Crippen molar-refractivity contribution in [3.63, 3.8) is 0 Å². The van der Waals surface area contributed by atoms with Gasteiger partial charge in [-0.05, 0) is 57.5 Å². The van der Waals surface area contributed by atoms with Crippen molar-refractivity contribution in [2.24, 2.45) is 13.0 Å². The number of likely N-dealkylation sites (tertiary alicyclic amines) is 1. The van der Waals surface area contributed by atoms with Gasteiger partial charge in [0.2, 0.25) is 0 Å². The molecule has 1 aliphatic rings. The number of nitrogens with one attached hydrogen (secondary N) is 1. The van der Waals surface area contributed by atoms with Crippen molar-refractivity contribution >= 4 is 10.9 Å². The number of fused-ring (bicyclic) bond motifs is 1. The van der Waals surface area contributed by atoms with Crippen molar-refractivity contribution in [3.05, 3.63) is 35.5 Å². The fourth-order valence-electron chi connectivity index (χ4n) is 3.72. The number of hydrogen-bond donors (Lipinski definition) is 1. The number of aromatic nitrogens is 1. The number of piperidine rings is 1. The van der Waals surface area contributed by atoms with Gasteiger partial charge in [0.05, 0.1) is 0 Å². The average molecular weight is 285 g/mol. The van der Waals surface area contributed by atoms with Crippen LogP contribution in [0.4, 0.5) is 0 Å². The minimum absolute atomic E-state index is 0.804. The molecule has 1 saturated heterocycles. The van der Waals surface area contributed by atoms with Crippen LogP contribution in [0.25, 0.3) is 10.9 Å². The highest BCUT2D eigenvalue weighted by Gasteiger charge is 2.17. The van der Waals surface area contributed by atoms with Gasteiger partial charge in [0, 0.05) is 36.7 Å². The fourth-order valence-corrected chi connectivity index (χ4v) is 3.72. The summed E-state index contributed by atoms with van der Waals surface area (Å²) in [7, 11) is 4.42. The summed E-state index contributed by atoms with van der Waals surface area (Å²) in [5, 5.41) is 5.07. The average Bonchev–Trinajstić information content (AvgIpc) is 2.73. The third-order valence-electron chi connectivity index (χ3n) is 4.95. The number of aryl methyl sites for hydroxylation is 2. The molecule has 0 saturated carbocycles. The first kappa shape index (κ1) is 14.6. The SMILES string of the molecule is Cc1c(CNCC2CCCN(C)C2)n(C)c2ccccc12. The van der Waals surface area contributed by atoms with Gasteiger partial charge in [-0.15, -0.1) is 0 Å². The molecule has 1 aromatic carbocycles. The standard InChI is InChI=1S/C18H27N3/c1-14-16-8-4-5-9-17(16)21(3)18(14)12-19-11-15-7-6-10-20(2)13-15/h4-5,8-9,15,19H,6-7,10-13H2,1-3H3. The normalized spacial score (nSPS) is 20.2. The first-order valence-corrected chi connectivity index (χ1v) is 8.09. The van der Waals surface area contributed by atoms with E-state index in [9.17, 15) is 0 Å². The predicted octanol–water partition coefficient (Wildman–Crippen LogP) is 2.92. The number of nitrogens with zero attached hydrogens (tertiary/aromatic N) is 2. The molecule has 3 rings (SSSR count). The first-order chi connectivity index (χ1) is 10.2. The Hall–Kier alpha value is -1.32. The van der Waals surface area contributed by atoms with Crippen molar-refractivity contribution in [3.8, 4) is 0 Å². The highest BCUT2D eigenvalue weighted by Crippen LogP contribution is 2.24. The van der Waals surface area contributed by atoms with Crippen LogP contribution in [0.1, 0.15) is 24.1 Å². The Labute approximate surface area is 127 Å². The van der Waals surface area contributed by atoms with Crippen molar-refractivity contribution < 1.29 is 0 Å². The van der Waals surface area contributed by atoms with Crippen LogP contribution in [0.3, 0.4) is 0 Å². The van der Waals surface area contributed by atoms with Crippen LogP contribution in [-0.2, 0) is 13.6 Å². The van der Waals surface area contributed by atoms with Crippen molar-refractivity contribution in [2.45, 2.75) is 26.3 Å². The van der Waals surface area contributed by atoms with Gasteiger partial charge in [0.15, 0.2) is 0 Å². The van der Waals surface area contributed by atoms with E-state index in [1.165, 1.54) is 48.1 Å². The van der Waals surface area contributed by atoms with Crippen LogP contribution in [0.2, 0.25) is 0 Å². The molecule has 2 aromatic rings. The maximum atomic E-state index is 3.69. The summed E-state index contributed by atoms with van der Waals surface area (Å²) in [4.78, 5) is 2.46. The van der Waals surface area contributed by atoms with Crippen LogP contribution in [0.15, 0.2) is 24.3 Å². The van der Waals surface area contributed by atoms with Crippen LogP contribution in [-0.4, -0.2) is 36.1 Å². The molecule has 21 heavy (non-hydrogen) atoms. The molecule has 0 amide bonds. The van der Waals surface area contributed by atoms with E-state index in [2.05, 4.69) is 60.1 Å². The molecule has 1 aromatic heterocycles. The lowest BCUT2D eigenvalue weighted by Crippen LogP contribution is -2.37. The lowest BCUT2D eigenvalue weighted by molar-refractivity contribution is 0.206. The first-order valence-electron chi connectivity index (χ1n) is 8.09. The van der Waals surface area contributed by atoms with Crippen LogP contribution >= 0.6 is 0 Å². The van der Waals surface area contributed by atoms with Gasteiger partial charge in [-0.2, -0.15) is 0 Å². The quantitative estimate of drug-likeness (QED) is 0.932. The molecule has 1 atom stereocenters. The zero-order chi connectivity index (χ0) is 14.8. The summed E-state index contributed by atoms with van der Waals surface area (Å²) in [6.45, 7) is 6.84. The van der Waals surface area contributed by atoms with Gasteiger partial charge < -0.3 is 14.8 Å². The van der Waals surface area contributed by atoms with Crippen molar-refractivity contribution in [1.82, 2.24) is 14.8 Å². The van der Waals surface area contributed by atoms with E-state index in [0.717, 1.165) is 19.0 Å². The fraction of sp³-hybridized carbons (Fsp3) is 0.556. The molecular formula is C18H27N3. The Kier molecular flexibility index (Phi) is 4.32. The predicted molar refractivity (Wildman–Crippen MR) is 89.6 cm³/mol. The minimum atomic E-state index is 0.804. The zero-order valence-corrected chi connectivity index (χ0v) is 13.5. The molecule has 0 aliphatic carbocycles. The largest absolute Gasteiger partial charge is 0.346 e. The summed E-state index contributed by atoms with van der Waals surface area (Å²) >= 11 is 0. The lowest BCUT2D eigenvalue weighted by atomic mass is 9.98. The summed E-state index contributed by atoms with van der Waals surface area (Å²) in [6.07, 6.45) is 2.71. The molecule has 3 heteroatoms. The summed E-state index contributed by atoms with van der Waals surface area (Å²) in [6, 6.07) is 8.69. The molecule has 1 aliphatic heterocycles. The van der Waals surface area contributed by atoms with Gasteiger partial charge in [-0.1, -0.05) is 18.2 Å². The molecule has 0 radical (unpaired) electrons. The van der Waals surface area contributed by atoms with E-state index in [0.29, 0.717) is 0 Å². The Morgan fingerprint density at radius 1 is 1.24 bits per heavy atom. The van der Waals surface area contributed by atoms with Crippen LogP contribution in [0, 0.1) is 12.8 Å². The monoisotopic (exact) mass is 285 g/mol. The Bertz CT molecular complexity index is 575. The summed E-state index contributed by atoms with van der Waals surface area (Å²) in [5.41, 5.74) is 4.17. The van der Waals surface area contributed by atoms with Gasteiger partial charge in [0.25, 0.3) is 0 Å². The van der Waals surface area contributed by atoms with Gasteiger partial charge in [0.1, 0.15) is 0 Å². The number of hydrogen-bond acceptors (Lipinski definition) is 2. The van der Waals surface area contributed by atoms with E-state index in [1.54, 1.807) is 0 Å². The second kappa shape index (κ2) is 6.20. The third kappa shape index (κ3) is 2.99. The third-order valence-corrected chi connectivity index (χ3v) is 4.95. The molecule has 0 bridgehead atoms. The smallest absolute Gasteiger partial charge is 0.0483 e. The molecule has 0 spiro atoms. The number of para-hydroxylation sites is 1. The van der Waals surface area contributed by atoms with E-state index in [1.807, 2.05) is 0 Å². The molecule has 114 valence electrons. The van der Waals surface area contributed by atoms with E-state index < -0.39 is 0 Å². The summed E-state index contributed by atoms with van der Waals surface area (Å²) in [5.74, 6) is 0.804. The van der Waals surface area contributed by atoms with Crippen molar-refractivity contribution in [1.29, 1.82) is 0 Å². The van der Waals surface area contributed by atoms with E-state index >= 15 is 0 Å². The number of benzene rings is 1. The molecule has 2 heterocycles. The minimum Gasteiger partial charge on any atom is -0.346 e. The Balaban J connectivity index is 1.65. The maximum Gasteiger partial charge on any atom is 0.0483 e. The topological polar surface area (TPSA) is 20.2 Å². The molecule has 1 unspecified atom stereocenters. The van der Waals surface area contributed by atoms with Crippen LogP contribution < -0.4 is 5.32 Å². The Morgan fingerprint density at radius 2 is 2.05 bits per heavy atom. The molecule has 3 nitrogen and oxygen atoms in total. The van der Waals surface area contributed by atoms with Crippen LogP contribution in [0.5, 0.6) is 0 Å². The molecule has 1 fully saturated rings. The lowest BCUT2D eigenvalue weighted by Gasteiger charge is -2.29. The second-order valence-electron chi connectivity index (χ2n) is 6.55. The Morgan fingerprint density at radius 3 is 2.81 bits per heavy atom.